The van der Waals surface area contributed by atoms with Gasteiger partial charge in [0.25, 0.3) is 0 Å². The lowest BCUT2D eigenvalue weighted by atomic mass is 9.96. The summed E-state index contributed by atoms with van der Waals surface area (Å²) in [6.07, 6.45) is 1.56. The number of benzene rings is 1. The number of carbonyl (C=O) groups excluding carboxylic acids is 1. The summed E-state index contributed by atoms with van der Waals surface area (Å²) < 4.78 is 24.4. The van der Waals surface area contributed by atoms with E-state index >= 15 is 0 Å². The second-order valence-electron chi connectivity index (χ2n) is 3.85. The van der Waals surface area contributed by atoms with E-state index in [0.29, 0.717) is 4.90 Å². The smallest absolute Gasteiger partial charge is 0.316 e. The van der Waals surface area contributed by atoms with Crippen LogP contribution in [0.15, 0.2) is 29.2 Å². The van der Waals surface area contributed by atoms with Crippen molar-refractivity contribution >= 4 is 17.0 Å². The highest BCUT2D eigenvalue weighted by Gasteiger charge is 2.52. The third-order valence-electron chi connectivity index (χ3n) is 2.93. The highest BCUT2D eigenvalue weighted by Crippen LogP contribution is 2.49. The number of carbonyl (C=O) groups is 1. The minimum Gasteiger partial charge on any atom is -0.468 e. The Morgan fingerprint density at radius 1 is 1.38 bits per heavy atom. The third-order valence-corrected chi connectivity index (χ3v) is 3.61. The minimum atomic E-state index is -1.97. The van der Waals surface area contributed by atoms with Gasteiger partial charge in [-0.15, -0.1) is 0 Å². The van der Waals surface area contributed by atoms with Crippen molar-refractivity contribution in [3.63, 3.8) is 0 Å². The molecule has 0 saturated heterocycles. The Bertz CT molecular complexity index is 434. The molecular formula is C11H12O4S. The van der Waals surface area contributed by atoms with Gasteiger partial charge >= 0.3 is 5.97 Å². The highest BCUT2D eigenvalue weighted by molar-refractivity contribution is 7.79. The minimum absolute atomic E-state index is 0.231. The molecule has 1 fully saturated rings. The van der Waals surface area contributed by atoms with Crippen molar-refractivity contribution in [2.45, 2.75) is 23.2 Å². The third kappa shape index (κ3) is 1.76. The molecule has 4 nitrogen and oxygen atoms in total. The molecule has 0 heterocycles. The zero-order chi connectivity index (χ0) is 11.8. The maximum Gasteiger partial charge on any atom is 0.316 e. The first-order valence-electron chi connectivity index (χ1n) is 4.90. The number of hydrogen-bond acceptors (Lipinski definition) is 3. The average molecular weight is 240 g/mol. The topological polar surface area (TPSA) is 63.6 Å². The first kappa shape index (κ1) is 11.3. The van der Waals surface area contributed by atoms with Crippen molar-refractivity contribution in [1.29, 1.82) is 0 Å². The van der Waals surface area contributed by atoms with Gasteiger partial charge in [0, 0.05) is 0 Å². The Hall–Kier alpha value is -1.20. The lowest BCUT2D eigenvalue weighted by molar-refractivity contribution is -0.143. The van der Waals surface area contributed by atoms with Gasteiger partial charge in [0.2, 0.25) is 0 Å². The number of ether oxygens (including phenoxy) is 1. The van der Waals surface area contributed by atoms with E-state index in [9.17, 15) is 9.00 Å². The van der Waals surface area contributed by atoms with Gasteiger partial charge < -0.3 is 9.29 Å². The predicted octanol–water partition coefficient (Wildman–Crippen LogP) is 1.47. The largest absolute Gasteiger partial charge is 0.468 e. The molecule has 1 aromatic rings. The first-order chi connectivity index (χ1) is 7.60. The Labute approximate surface area is 95.9 Å². The summed E-state index contributed by atoms with van der Waals surface area (Å²) in [5.41, 5.74) is 0.345. The molecule has 1 aliphatic carbocycles. The SMILES string of the molecule is COC(=O)C1(c2ccc(S(=O)O)cc2)CC1. The highest BCUT2D eigenvalue weighted by atomic mass is 32.2. The van der Waals surface area contributed by atoms with Gasteiger partial charge in [0.15, 0.2) is 11.1 Å². The summed E-state index contributed by atoms with van der Waals surface area (Å²) in [4.78, 5) is 11.9. The summed E-state index contributed by atoms with van der Waals surface area (Å²) in [7, 11) is 1.37. The molecular weight excluding hydrogens is 228 g/mol. The maximum atomic E-state index is 11.6. The summed E-state index contributed by atoms with van der Waals surface area (Å²) in [5.74, 6) is -0.231. The first-order valence-corrected chi connectivity index (χ1v) is 6.01. The second kappa shape index (κ2) is 3.99. The fraction of sp³-hybridized carbons (Fsp3) is 0.364. The summed E-state index contributed by atoms with van der Waals surface area (Å²) in [5, 5.41) is 0. The molecule has 0 spiro atoms. The zero-order valence-corrected chi connectivity index (χ0v) is 9.62. The van der Waals surface area contributed by atoms with E-state index in [1.54, 1.807) is 24.3 Å². The van der Waals surface area contributed by atoms with Crippen LogP contribution in [0.3, 0.4) is 0 Å². The van der Waals surface area contributed by atoms with Gasteiger partial charge in [0.1, 0.15) is 0 Å². The standard InChI is InChI=1S/C11H12O4S/c1-15-10(12)11(6-7-11)8-2-4-9(5-3-8)16(13)14/h2-5H,6-7H2,1H3,(H,13,14). The molecule has 1 saturated carbocycles. The zero-order valence-electron chi connectivity index (χ0n) is 8.80. The molecule has 0 aliphatic heterocycles. The molecule has 0 amide bonds. The second-order valence-corrected chi connectivity index (χ2v) is 4.82. The molecule has 0 aromatic heterocycles. The van der Waals surface area contributed by atoms with Crippen molar-refractivity contribution in [3.05, 3.63) is 29.8 Å². The van der Waals surface area contributed by atoms with Crippen LogP contribution in [0.4, 0.5) is 0 Å². The van der Waals surface area contributed by atoms with Crippen LogP contribution in [0.5, 0.6) is 0 Å². The van der Waals surface area contributed by atoms with Crippen molar-refractivity contribution in [3.8, 4) is 0 Å². The molecule has 1 atom stereocenters. The number of hydrogen-bond donors (Lipinski definition) is 1. The molecule has 16 heavy (non-hydrogen) atoms. The molecule has 0 radical (unpaired) electrons. The Morgan fingerprint density at radius 3 is 2.31 bits per heavy atom. The van der Waals surface area contributed by atoms with Crippen molar-refractivity contribution in [2.24, 2.45) is 0 Å². The Morgan fingerprint density at radius 2 is 1.94 bits per heavy atom. The van der Waals surface area contributed by atoms with Crippen LogP contribution >= 0.6 is 0 Å². The fourth-order valence-electron chi connectivity index (χ4n) is 1.82. The molecule has 1 N–H and O–H groups in total. The number of esters is 1. The van der Waals surface area contributed by atoms with Gasteiger partial charge in [-0.25, -0.2) is 4.21 Å². The number of rotatable bonds is 3. The molecule has 0 bridgehead atoms. The summed E-state index contributed by atoms with van der Waals surface area (Å²) in [6, 6.07) is 6.56. The van der Waals surface area contributed by atoms with E-state index in [1.165, 1.54) is 7.11 Å². The van der Waals surface area contributed by atoms with Crippen LogP contribution in [0.25, 0.3) is 0 Å². The average Bonchev–Trinajstić information content (AvgIpc) is 3.09. The van der Waals surface area contributed by atoms with Crippen LogP contribution in [-0.2, 0) is 26.0 Å². The van der Waals surface area contributed by atoms with Gasteiger partial charge in [-0.1, -0.05) is 12.1 Å². The lowest BCUT2D eigenvalue weighted by Gasteiger charge is -2.12. The number of methoxy groups -OCH3 is 1. The monoisotopic (exact) mass is 240 g/mol. The Kier molecular flexibility index (Phi) is 2.82. The van der Waals surface area contributed by atoms with E-state index in [-0.39, 0.29) is 5.97 Å². The van der Waals surface area contributed by atoms with E-state index in [1.807, 2.05) is 0 Å². The molecule has 1 aliphatic rings. The fourth-order valence-corrected chi connectivity index (χ4v) is 2.19. The van der Waals surface area contributed by atoms with E-state index in [0.717, 1.165) is 18.4 Å². The van der Waals surface area contributed by atoms with Crippen LogP contribution in [0, 0.1) is 0 Å². The molecule has 86 valence electrons. The van der Waals surface area contributed by atoms with Crippen molar-refractivity contribution < 1.29 is 18.3 Å². The predicted molar refractivity (Wildman–Crippen MR) is 58.4 cm³/mol. The van der Waals surface area contributed by atoms with Gasteiger partial charge in [-0.05, 0) is 30.5 Å². The van der Waals surface area contributed by atoms with Crippen LogP contribution in [-0.4, -0.2) is 21.8 Å². The summed E-state index contributed by atoms with van der Waals surface area (Å²) in [6.45, 7) is 0. The molecule has 2 rings (SSSR count). The lowest BCUT2D eigenvalue weighted by Crippen LogP contribution is -2.21. The molecule has 1 unspecified atom stereocenters. The van der Waals surface area contributed by atoms with Gasteiger partial charge in [-0.2, -0.15) is 0 Å². The van der Waals surface area contributed by atoms with Crippen LogP contribution < -0.4 is 0 Å². The van der Waals surface area contributed by atoms with E-state index in [4.69, 9.17) is 9.29 Å². The Balaban J connectivity index is 2.29. The van der Waals surface area contributed by atoms with Crippen LogP contribution in [0.1, 0.15) is 18.4 Å². The molecule has 1 aromatic carbocycles. The van der Waals surface area contributed by atoms with E-state index in [2.05, 4.69) is 0 Å². The summed E-state index contributed by atoms with van der Waals surface area (Å²) >= 11 is -1.97. The molecule has 5 heteroatoms. The maximum absolute atomic E-state index is 11.6. The van der Waals surface area contributed by atoms with Gasteiger partial charge in [-0.3, -0.25) is 4.79 Å². The van der Waals surface area contributed by atoms with Crippen LogP contribution in [0.2, 0.25) is 0 Å². The normalized spacial score (nSPS) is 18.9. The van der Waals surface area contributed by atoms with Crippen molar-refractivity contribution in [2.75, 3.05) is 7.11 Å². The van der Waals surface area contributed by atoms with Crippen molar-refractivity contribution in [1.82, 2.24) is 0 Å². The quantitative estimate of drug-likeness (QED) is 0.642. The van der Waals surface area contributed by atoms with Gasteiger partial charge in [0.05, 0.1) is 17.4 Å². The van der Waals surface area contributed by atoms with E-state index < -0.39 is 16.5 Å².